The lowest BCUT2D eigenvalue weighted by Crippen LogP contribution is -1.97. The Morgan fingerprint density at radius 2 is 2.17 bits per heavy atom. The topological polar surface area (TPSA) is 65.0 Å². The molecule has 1 aliphatic heterocycles. The Hall–Kier alpha value is -2.17. The molecule has 1 aromatic rings. The van der Waals surface area contributed by atoms with Gasteiger partial charge in [0.05, 0.1) is 6.61 Å². The van der Waals surface area contributed by atoms with Crippen LogP contribution in [0.2, 0.25) is 0 Å². The Kier molecular flexibility index (Phi) is 3.72. The van der Waals surface area contributed by atoms with E-state index in [0.717, 1.165) is 12.5 Å². The maximum Gasteiger partial charge on any atom is 0.328 e. The molecule has 0 radical (unpaired) electrons. The second-order valence-corrected chi connectivity index (χ2v) is 3.76. The van der Waals surface area contributed by atoms with Crippen LogP contribution in [0, 0.1) is 0 Å². The van der Waals surface area contributed by atoms with Gasteiger partial charge in [-0.3, -0.25) is 0 Å². The lowest BCUT2D eigenvalue weighted by Gasteiger charge is -2.09. The first-order valence-electron chi connectivity index (χ1n) is 5.68. The van der Waals surface area contributed by atoms with Crippen LogP contribution in [0.1, 0.15) is 18.9 Å². The summed E-state index contributed by atoms with van der Waals surface area (Å²) < 4.78 is 16.1. The highest BCUT2D eigenvalue weighted by Gasteiger charge is 2.17. The molecule has 2 rings (SSSR count). The molecule has 1 aromatic carbocycles. The number of carboxylic acids is 1. The minimum Gasteiger partial charge on any atom is -0.493 e. The highest BCUT2D eigenvalue weighted by Crippen LogP contribution is 2.38. The molecule has 0 amide bonds. The minimum atomic E-state index is -1.01. The van der Waals surface area contributed by atoms with E-state index < -0.39 is 5.97 Å². The van der Waals surface area contributed by atoms with Crippen LogP contribution >= 0.6 is 0 Å². The van der Waals surface area contributed by atoms with E-state index >= 15 is 0 Å². The molecule has 5 nitrogen and oxygen atoms in total. The fourth-order valence-corrected chi connectivity index (χ4v) is 1.57. The van der Waals surface area contributed by atoms with Gasteiger partial charge in [-0.05, 0) is 18.6 Å². The molecule has 1 aliphatic rings. The summed E-state index contributed by atoms with van der Waals surface area (Å²) >= 11 is 0. The van der Waals surface area contributed by atoms with E-state index in [1.54, 1.807) is 12.1 Å². The average molecular weight is 250 g/mol. The van der Waals surface area contributed by atoms with Crippen LogP contribution in [0.4, 0.5) is 0 Å². The van der Waals surface area contributed by atoms with Crippen molar-refractivity contribution in [2.75, 3.05) is 13.4 Å². The summed E-state index contributed by atoms with van der Waals surface area (Å²) in [5.41, 5.74) is 0.662. The molecule has 0 spiro atoms. The van der Waals surface area contributed by atoms with Gasteiger partial charge in [0.15, 0.2) is 11.5 Å². The Labute approximate surface area is 105 Å². The second-order valence-electron chi connectivity index (χ2n) is 3.76. The zero-order valence-electron chi connectivity index (χ0n) is 10.0. The minimum absolute atomic E-state index is 0.175. The molecule has 0 saturated heterocycles. The summed E-state index contributed by atoms with van der Waals surface area (Å²) in [7, 11) is 0. The summed E-state index contributed by atoms with van der Waals surface area (Å²) in [6.07, 6.45) is 3.42. The molecule has 5 heteroatoms. The van der Waals surface area contributed by atoms with Gasteiger partial charge < -0.3 is 19.3 Å². The molecule has 0 aromatic heterocycles. The van der Waals surface area contributed by atoms with Crippen molar-refractivity contribution in [3.05, 3.63) is 23.8 Å². The standard InChI is InChI=1S/C13H14O5/c1-2-5-16-10-7-12-11(17-8-18-12)6-9(10)3-4-13(14)15/h3-4,6-7H,2,5,8H2,1H3,(H,14,15)/b4-3+. The number of carboxylic acid groups (broad SMARTS) is 1. The lowest BCUT2D eigenvalue weighted by atomic mass is 10.1. The summed E-state index contributed by atoms with van der Waals surface area (Å²) in [6, 6.07) is 3.44. The van der Waals surface area contributed by atoms with Gasteiger partial charge in [0, 0.05) is 17.7 Å². The van der Waals surface area contributed by atoms with Gasteiger partial charge in [0.2, 0.25) is 6.79 Å². The van der Waals surface area contributed by atoms with Crippen molar-refractivity contribution >= 4 is 12.0 Å². The van der Waals surface area contributed by atoms with Crippen molar-refractivity contribution in [1.29, 1.82) is 0 Å². The van der Waals surface area contributed by atoms with Crippen molar-refractivity contribution in [2.45, 2.75) is 13.3 Å². The smallest absolute Gasteiger partial charge is 0.328 e. The quantitative estimate of drug-likeness (QED) is 0.812. The van der Waals surface area contributed by atoms with Gasteiger partial charge in [-0.1, -0.05) is 6.92 Å². The molecule has 0 aliphatic carbocycles. The van der Waals surface area contributed by atoms with Crippen molar-refractivity contribution in [1.82, 2.24) is 0 Å². The average Bonchev–Trinajstić information content (AvgIpc) is 2.79. The number of rotatable bonds is 5. The van der Waals surface area contributed by atoms with E-state index in [1.807, 2.05) is 6.92 Å². The normalized spacial score (nSPS) is 12.9. The van der Waals surface area contributed by atoms with Gasteiger partial charge in [-0.15, -0.1) is 0 Å². The molecule has 0 atom stereocenters. The maximum atomic E-state index is 10.5. The Bertz CT molecular complexity index is 479. The molecule has 0 fully saturated rings. The number of hydrogen-bond donors (Lipinski definition) is 1. The zero-order valence-corrected chi connectivity index (χ0v) is 10.0. The third-order valence-electron chi connectivity index (χ3n) is 2.37. The van der Waals surface area contributed by atoms with Crippen LogP contribution < -0.4 is 14.2 Å². The molecule has 96 valence electrons. The highest BCUT2D eigenvalue weighted by molar-refractivity contribution is 5.86. The summed E-state index contributed by atoms with van der Waals surface area (Å²) in [4.78, 5) is 10.5. The molecular weight excluding hydrogens is 236 g/mol. The number of hydrogen-bond acceptors (Lipinski definition) is 4. The van der Waals surface area contributed by atoms with Crippen molar-refractivity contribution in [2.24, 2.45) is 0 Å². The van der Waals surface area contributed by atoms with Crippen molar-refractivity contribution < 1.29 is 24.1 Å². The maximum absolute atomic E-state index is 10.5. The van der Waals surface area contributed by atoms with E-state index in [1.165, 1.54) is 6.08 Å². The van der Waals surface area contributed by atoms with Crippen LogP contribution in [-0.4, -0.2) is 24.5 Å². The predicted molar refractivity (Wildman–Crippen MR) is 65.0 cm³/mol. The van der Waals surface area contributed by atoms with Gasteiger partial charge in [0.25, 0.3) is 0 Å². The second kappa shape index (κ2) is 5.44. The summed E-state index contributed by atoms with van der Waals surface area (Å²) in [6.45, 7) is 2.74. The van der Waals surface area contributed by atoms with Crippen LogP contribution in [0.15, 0.2) is 18.2 Å². The van der Waals surface area contributed by atoms with Crippen molar-refractivity contribution in [3.8, 4) is 17.2 Å². The number of aliphatic carboxylic acids is 1. The Morgan fingerprint density at radius 3 is 2.83 bits per heavy atom. The number of ether oxygens (including phenoxy) is 3. The molecule has 1 N–H and O–H groups in total. The third kappa shape index (κ3) is 2.74. The number of carbonyl (C=O) groups is 1. The van der Waals surface area contributed by atoms with E-state index in [9.17, 15) is 4.79 Å². The van der Waals surface area contributed by atoms with E-state index in [-0.39, 0.29) is 6.79 Å². The zero-order chi connectivity index (χ0) is 13.0. The molecular formula is C13H14O5. The first-order valence-corrected chi connectivity index (χ1v) is 5.68. The molecule has 0 saturated carbocycles. The Morgan fingerprint density at radius 1 is 1.44 bits per heavy atom. The van der Waals surface area contributed by atoms with Crippen molar-refractivity contribution in [3.63, 3.8) is 0 Å². The highest BCUT2D eigenvalue weighted by atomic mass is 16.7. The van der Waals surface area contributed by atoms with Gasteiger partial charge in [0.1, 0.15) is 5.75 Å². The summed E-state index contributed by atoms with van der Waals surface area (Å²) in [5, 5.41) is 8.65. The monoisotopic (exact) mass is 250 g/mol. The van der Waals surface area contributed by atoms with Gasteiger partial charge >= 0.3 is 5.97 Å². The third-order valence-corrected chi connectivity index (χ3v) is 2.37. The number of benzene rings is 1. The van der Waals surface area contributed by atoms with Gasteiger partial charge in [-0.25, -0.2) is 4.79 Å². The van der Waals surface area contributed by atoms with Gasteiger partial charge in [-0.2, -0.15) is 0 Å². The van der Waals surface area contributed by atoms with E-state index in [4.69, 9.17) is 19.3 Å². The molecule has 0 unspecified atom stereocenters. The predicted octanol–water partition coefficient (Wildman–Crippen LogP) is 2.30. The fourth-order valence-electron chi connectivity index (χ4n) is 1.57. The molecule has 0 bridgehead atoms. The van der Waals surface area contributed by atoms with Crippen LogP contribution in [0.3, 0.4) is 0 Å². The first kappa shape index (κ1) is 12.3. The lowest BCUT2D eigenvalue weighted by molar-refractivity contribution is -0.131. The molecule has 18 heavy (non-hydrogen) atoms. The first-order chi connectivity index (χ1) is 8.70. The van der Waals surface area contributed by atoms with Crippen LogP contribution in [0.25, 0.3) is 6.08 Å². The summed E-state index contributed by atoms with van der Waals surface area (Å²) in [5.74, 6) is 0.810. The van der Waals surface area contributed by atoms with Crippen LogP contribution in [-0.2, 0) is 4.79 Å². The fraction of sp³-hybridized carbons (Fsp3) is 0.308. The van der Waals surface area contributed by atoms with Crippen LogP contribution in [0.5, 0.6) is 17.2 Å². The Balaban J connectivity index is 2.31. The van der Waals surface area contributed by atoms with E-state index in [2.05, 4.69) is 0 Å². The SMILES string of the molecule is CCCOc1cc2c(cc1/C=C/C(=O)O)OCO2. The largest absolute Gasteiger partial charge is 0.493 e. The van der Waals surface area contributed by atoms with E-state index in [0.29, 0.717) is 29.4 Å². The number of fused-ring (bicyclic) bond motifs is 1. The molecule has 1 heterocycles.